The third-order valence-corrected chi connectivity index (χ3v) is 4.03. The van der Waals surface area contributed by atoms with Crippen LogP contribution in [0.15, 0.2) is 23.2 Å². The zero-order chi connectivity index (χ0) is 19.9. The van der Waals surface area contributed by atoms with Gasteiger partial charge in [-0.3, -0.25) is 4.99 Å². The largest absolute Gasteiger partial charge is 0.411 e. The van der Waals surface area contributed by atoms with Gasteiger partial charge in [0.2, 0.25) is 0 Å². The van der Waals surface area contributed by atoms with Crippen LogP contribution in [0.3, 0.4) is 0 Å². The van der Waals surface area contributed by atoms with E-state index in [0.717, 1.165) is 0 Å². The van der Waals surface area contributed by atoms with Gasteiger partial charge in [-0.15, -0.1) is 0 Å². The highest BCUT2D eigenvalue weighted by atomic mass is 19.4. The Morgan fingerprint density at radius 3 is 2.63 bits per heavy atom. The van der Waals surface area contributed by atoms with E-state index in [9.17, 15) is 22.0 Å². The van der Waals surface area contributed by atoms with Gasteiger partial charge in [0.05, 0.1) is 0 Å². The molecule has 1 atom stereocenters. The Balaban J connectivity index is 1.73. The highest BCUT2D eigenvalue weighted by molar-refractivity contribution is 5.80. The Kier molecular flexibility index (Phi) is 7.64. The van der Waals surface area contributed by atoms with E-state index < -0.39 is 24.4 Å². The van der Waals surface area contributed by atoms with Crippen LogP contribution < -0.4 is 15.5 Å². The monoisotopic (exact) mass is 394 g/mol. The van der Waals surface area contributed by atoms with Crippen molar-refractivity contribution in [3.05, 3.63) is 29.8 Å². The van der Waals surface area contributed by atoms with Crippen LogP contribution in [0.2, 0.25) is 0 Å². The maximum Gasteiger partial charge on any atom is 0.411 e. The fourth-order valence-electron chi connectivity index (χ4n) is 2.83. The quantitative estimate of drug-likeness (QED) is 0.323. The number of ether oxygens (including phenoxy) is 1. The highest BCUT2D eigenvalue weighted by Gasteiger charge is 2.28. The molecule has 5 nitrogen and oxygen atoms in total. The number of halogens is 5. The summed E-state index contributed by atoms with van der Waals surface area (Å²) < 4.78 is 68.2. The molecule has 152 valence electrons. The topological polar surface area (TPSA) is 48.9 Å². The zero-order valence-electron chi connectivity index (χ0n) is 15.0. The molecular weight excluding hydrogens is 371 g/mol. The summed E-state index contributed by atoms with van der Waals surface area (Å²) in [6, 6.07) is 3.71. The first-order valence-electron chi connectivity index (χ1n) is 8.61. The van der Waals surface area contributed by atoms with E-state index >= 15 is 0 Å². The summed E-state index contributed by atoms with van der Waals surface area (Å²) in [6.07, 6.45) is -3.27. The summed E-state index contributed by atoms with van der Waals surface area (Å²) in [6.45, 7) is 0.0126. The van der Waals surface area contributed by atoms with Crippen LogP contribution in [0.5, 0.6) is 0 Å². The van der Waals surface area contributed by atoms with Gasteiger partial charge >= 0.3 is 6.18 Å². The molecule has 0 aromatic heterocycles. The molecule has 2 N–H and O–H groups in total. The van der Waals surface area contributed by atoms with Crippen molar-refractivity contribution in [1.82, 2.24) is 10.6 Å². The third kappa shape index (κ3) is 6.85. The number of anilines is 1. The predicted molar refractivity (Wildman–Crippen MR) is 93.0 cm³/mol. The number of nitrogens with zero attached hydrogens (tertiary/aromatic N) is 2. The average Bonchev–Trinajstić information content (AvgIpc) is 3.03. The van der Waals surface area contributed by atoms with E-state index in [1.54, 1.807) is 11.9 Å². The highest BCUT2D eigenvalue weighted by Crippen LogP contribution is 2.26. The van der Waals surface area contributed by atoms with Gasteiger partial charge in [-0.05, 0) is 25.0 Å². The molecule has 27 heavy (non-hydrogen) atoms. The van der Waals surface area contributed by atoms with Crippen molar-refractivity contribution >= 4 is 11.6 Å². The molecule has 1 aromatic rings. The molecular formula is C17H23F5N4O. The van der Waals surface area contributed by atoms with Gasteiger partial charge in [-0.25, -0.2) is 8.78 Å². The molecule has 10 heteroatoms. The molecule has 0 radical (unpaired) electrons. The average molecular weight is 394 g/mol. The summed E-state index contributed by atoms with van der Waals surface area (Å²) in [5, 5.41) is 6.13. The number of hydrogen-bond acceptors (Lipinski definition) is 3. The van der Waals surface area contributed by atoms with Crippen LogP contribution in [0.1, 0.15) is 12.8 Å². The summed E-state index contributed by atoms with van der Waals surface area (Å²) in [7, 11) is 1.57. The summed E-state index contributed by atoms with van der Waals surface area (Å²) >= 11 is 0. The molecule has 0 bridgehead atoms. The van der Waals surface area contributed by atoms with Crippen molar-refractivity contribution in [3.8, 4) is 0 Å². The molecule has 1 aliphatic rings. The molecule has 1 aromatic carbocycles. The molecule has 2 rings (SSSR count). The van der Waals surface area contributed by atoms with Crippen molar-refractivity contribution in [2.24, 2.45) is 4.99 Å². The van der Waals surface area contributed by atoms with Gasteiger partial charge in [-0.2, -0.15) is 13.2 Å². The van der Waals surface area contributed by atoms with E-state index in [-0.39, 0.29) is 18.3 Å². The molecule has 1 saturated heterocycles. The van der Waals surface area contributed by atoms with Gasteiger partial charge in [0.15, 0.2) is 5.96 Å². The molecule has 1 unspecified atom stereocenters. The molecule has 1 aliphatic heterocycles. The van der Waals surface area contributed by atoms with Crippen molar-refractivity contribution < 1.29 is 26.7 Å². The van der Waals surface area contributed by atoms with Crippen molar-refractivity contribution in [3.63, 3.8) is 0 Å². The lowest BCUT2D eigenvalue weighted by atomic mass is 10.2. The second-order valence-electron chi connectivity index (χ2n) is 6.17. The fraction of sp³-hybridized carbons (Fsp3) is 0.588. The molecule has 0 saturated carbocycles. The van der Waals surface area contributed by atoms with Gasteiger partial charge in [0, 0.05) is 39.3 Å². The standard InChI is InChI=1S/C17H23F5N4O/c1-23-16(24-7-3-9-27-11-17(20,21)22)25-12-6-8-26(10-12)15-13(18)4-2-5-14(15)19/h2,4-5,12H,3,6-11H2,1H3,(H2,23,24,25). The molecule has 0 amide bonds. The van der Waals surface area contributed by atoms with Gasteiger partial charge in [0.1, 0.15) is 23.9 Å². The summed E-state index contributed by atoms with van der Waals surface area (Å²) in [4.78, 5) is 5.69. The molecule has 1 heterocycles. The molecule has 0 spiro atoms. The third-order valence-electron chi connectivity index (χ3n) is 4.03. The van der Waals surface area contributed by atoms with Crippen LogP contribution in [0.25, 0.3) is 0 Å². The smallest absolute Gasteiger partial charge is 0.372 e. The second-order valence-corrected chi connectivity index (χ2v) is 6.17. The van der Waals surface area contributed by atoms with Gasteiger partial charge in [0.25, 0.3) is 0 Å². The van der Waals surface area contributed by atoms with Crippen LogP contribution in [-0.2, 0) is 4.74 Å². The maximum absolute atomic E-state index is 13.9. The van der Waals surface area contributed by atoms with E-state index in [1.807, 2.05) is 0 Å². The summed E-state index contributed by atoms with van der Waals surface area (Å²) in [5.41, 5.74) is -0.0356. The normalized spacial score (nSPS) is 18.1. The van der Waals surface area contributed by atoms with Gasteiger partial charge < -0.3 is 20.3 Å². The first-order valence-corrected chi connectivity index (χ1v) is 8.61. The van der Waals surface area contributed by atoms with Gasteiger partial charge in [-0.1, -0.05) is 6.07 Å². The first-order chi connectivity index (χ1) is 12.8. The van der Waals surface area contributed by atoms with E-state index in [2.05, 4.69) is 20.4 Å². The Hall–Kier alpha value is -2.10. The zero-order valence-corrected chi connectivity index (χ0v) is 15.0. The fourth-order valence-corrected chi connectivity index (χ4v) is 2.83. The van der Waals surface area contributed by atoms with E-state index in [4.69, 9.17) is 0 Å². The minimum absolute atomic E-state index is 0.0206. The van der Waals surface area contributed by atoms with Crippen molar-refractivity contribution in [2.75, 3.05) is 44.8 Å². The maximum atomic E-state index is 13.9. The number of guanidine groups is 1. The predicted octanol–water partition coefficient (Wildman–Crippen LogP) is 2.68. The summed E-state index contributed by atoms with van der Waals surface area (Å²) in [5.74, 6) is -0.722. The first kappa shape index (κ1) is 21.2. The lowest BCUT2D eigenvalue weighted by Crippen LogP contribution is -2.45. The molecule has 1 fully saturated rings. The number of alkyl halides is 3. The van der Waals surface area contributed by atoms with E-state index in [0.29, 0.717) is 38.4 Å². The lowest BCUT2D eigenvalue weighted by molar-refractivity contribution is -0.173. The lowest BCUT2D eigenvalue weighted by Gasteiger charge is -2.21. The minimum atomic E-state index is -4.32. The molecule has 0 aliphatic carbocycles. The number of benzene rings is 1. The van der Waals surface area contributed by atoms with E-state index in [1.165, 1.54) is 18.2 Å². The Morgan fingerprint density at radius 2 is 2.00 bits per heavy atom. The number of hydrogen-bond donors (Lipinski definition) is 2. The van der Waals surface area contributed by atoms with Crippen molar-refractivity contribution in [1.29, 1.82) is 0 Å². The second kappa shape index (κ2) is 9.72. The van der Waals surface area contributed by atoms with Crippen LogP contribution in [0.4, 0.5) is 27.6 Å². The number of para-hydroxylation sites is 1. The number of nitrogens with one attached hydrogen (secondary N) is 2. The number of rotatable bonds is 7. The number of aliphatic imine (C=N–C) groups is 1. The van der Waals surface area contributed by atoms with Crippen molar-refractivity contribution in [2.45, 2.75) is 25.1 Å². The Morgan fingerprint density at radius 1 is 1.30 bits per heavy atom. The van der Waals surface area contributed by atoms with Crippen LogP contribution in [0, 0.1) is 11.6 Å². The van der Waals surface area contributed by atoms with Crippen LogP contribution >= 0.6 is 0 Å². The Bertz CT molecular complexity index is 618. The SMILES string of the molecule is CN=C(NCCCOCC(F)(F)F)NC1CCN(c2c(F)cccc2F)C1. The van der Waals surface area contributed by atoms with Crippen LogP contribution in [-0.4, -0.2) is 58.1 Å². The Labute approximate surface area is 154 Å². The minimum Gasteiger partial charge on any atom is -0.372 e.